The minimum atomic E-state index is -0.221. The maximum Gasteiger partial charge on any atom is 0.228 e. The minimum absolute atomic E-state index is 0.221. The number of carbonyl (C=O) groups excluding carboxylic acids is 1. The molecule has 0 aliphatic carbocycles. The van der Waals surface area contributed by atoms with Gasteiger partial charge in [-0.3, -0.25) is 4.79 Å². The van der Waals surface area contributed by atoms with Gasteiger partial charge in [0.05, 0.1) is 18.4 Å². The van der Waals surface area contributed by atoms with Crippen LogP contribution in [0.5, 0.6) is 5.75 Å². The highest BCUT2D eigenvalue weighted by atomic mass is 32.2. The summed E-state index contributed by atoms with van der Waals surface area (Å²) in [6, 6.07) is 16.6. The molecule has 28 heavy (non-hydrogen) atoms. The fraction of sp³-hybridized carbons (Fsp3) is 0.100. The van der Waals surface area contributed by atoms with Crippen molar-refractivity contribution < 1.29 is 9.53 Å². The molecule has 0 saturated heterocycles. The number of methoxy groups -OCH3 is 1. The summed E-state index contributed by atoms with van der Waals surface area (Å²) >= 11 is 1.40. The van der Waals surface area contributed by atoms with Crippen LogP contribution in [-0.2, 0) is 4.79 Å². The van der Waals surface area contributed by atoms with Gasteiger partial charge in [0, 0.05) is 29.8 Å². The van der Waals surface area contributed by atoms with Gasteiger partial charge in [0.1, 0.15) is 16.8 Å². The number of amides is 1. The molecule has 1 heterocycles. The van der Waals surface area contributed by atoms with Gasteiger partial charge in [0.25, 0.3) is 0 Å². The number of anilines is 3. The van der Waals surface area contributed by atoms with Crippen LogP contribution in [0.1, 0.15) is 12.5 Å². The molecule has 0 aliphatic rings. The quantitative estimate of drug-likeness (QED) is 0.607. The van der Waals surface area contributed by atoms with Gasteiger partial charge in [0.15, 0.2) is 0 Å². The Bertz CT molecular complexity index is 1050. The largest absolute Gasteiger partial charge is 0.497 e. The van der Waals surface area contributed by atoms with Crippen molar-refractivity contribution in [3.8, 4) is 11.8 Å². The molecule has 0 atom stereocenters. The summed E-state index contributed by atoms with van der Waals surface area (Å²) in [5.74, 6) is 0.966. The molecule has 140 valence electrons. The zero-order valence-electron chi connectivity index (χ0n) is 15.3. The maximum absolute atomic E-state index is 11.2. The van der Waals surface area contributed by atoms with E-state index in [1.807, 2.05) is 30.3 Å². The summed E-state index contributed by atoms with van der Waals surface area (Å²) < 4.78 is 5.21. The van der Waals surface area contributed by atoms with Crippen molar-refractivity contribution >= 4 is 35.0 Å². The van der Waals surface area contributed by atoms with E-state index in [1.54, 1.807) is 31.5 Å². The molecule has 0 unspecified atom stereocenters. The molecule has 2 N–H and O–H groups in total. The Labute approximate surface area is 166 Å². The Morgan fingerprint density at radius 2 is 2.07 bits per heavy atom. The van der Waals surface area contributed by atoms with Gasteiger partial charge < -0.3 is 15.4 Å². The van der Waals surface area contributed by atoms with Gasteiger partial charge in [-0.25, -0.2) is 9.97 Å². The zero-order valence-corrected chi connectivity index (χ0v) is 16.1. The molecule has 2 aromatic carbocycles. The van der Waals surface area contributed by atoms with Crippen LogP contribution in [0.3, 0.4) is 0 Å². The molecule has 0 fully saturated rings. The van der Waals surface area contributed by atoms with Crippen LogP contribution < -0.4 is 15.4 Å². The first-order chi connectivity index (χ1) is 13.6. The number of nitrogens with one attached hydrogen (secondary N) is 2. The summed E-state index contributed by atoms with van der Waals surface area (Å²) in [5.41, 5.74) is 1.69. The van der Waals surface area contributed by atoms with Gasteiger partial charge in [-0.1, -0.05) is 17.8 Å². The Morgan fingerprint density at radius 3 is 2.82 bits per heavy atom. The molecule has 7 nitrogen and oxygen atoms in total. The van der Waals surface area contributed by atoms with Crippen LogP contribution in [0.15, 0.2) is 64.6 Å². The maximum atomic E-state index is 11.2. The first-order valence-electron chi connectivity index (χ1n) is 8.31. The van der Waals surface area contributed by atoms with Gasteiger partial charge in [-0.2, -0.15) is 5.26 Å². The highest BCUT2D eigenvalue weighted by Gasteiger charge is 2.08. The third-order valence-corrected chi connectivity index (χ3v) is 4.53. The van der Waals surface area contributed by atoms with Crippen LogP contribution in [0.2, 0.25) is 0 Å². The van der Waals surface area contributed by atoms with Crippen LogP contribution >= 0.6 is 11.8 Å². The Balaban J connectivity index is 1.77. The number of carbonyl (C=O) groups is 1. The van der Waals surface area contributed by atoms with Gasteiger partial charge >= 0.3 is 0 Å². The Kier molecular flexibility index (Phi) is 6.09. The third kappa shape index (κ3) is 4.99. The SMILES string of the molecule is COc1cccc(Nc2nccc(Sc3ccc(NC(C)=O)c(C#N)c3)n2)c1. The van der Waals surface area contributed by atoms with Crippen LogP contribution in [0.25, 0.3) is 0 Å². The number of nitriles is 1. The van der Waals surface area contributed by atoms with E-state index in [0.717, 1.165) is 21.4 Å². The lowest BCUT2D eigenvalue weighted by Gasteiger charge is -2.09. The number of benzene rings is 2. The smallest absolute Gasteiger partial charge is 0.228 e. The average Bonchev–Trinajstić information content (AvgIpc) is 2.69. The van der Waals surface area contributed by atoms with Crippen LogP contribution in [0, 0.1) is 11.3 Å². The number of hydrogen-bond donors (Lipinski definition) is 2. The van der Waals surface area contributed by atoms with Crippen molar-refractivity contribution in [2.75, 3.05) is 17.7 Å². The molecule has 1 amide bonds. The standard InChI is InChI=1S/C20H17N5O2S/c1-13(26)23-18-7-6-17(10-14(18)12-21)28-19-8-9-22-20(25-19)24-15-4-3-5-16(11-15)27-2/h3-11H,1-2H3,(H,23,26)(H,22,24,25). The van der Waals surface area contributed by atoms with Crippen LogP contribution in [0.4, 0.5) is 17.3 Å². The van der Waals surface area contributed by atoms with Crippen molar-refractivity contribution in [2.24, 2.45) is 0 Å². The highest BCUT2D eigenvalue weighted by molar-refractivity contribution is 7.99. The molecular weight excluding hydrogens is 374 g/mol. The molecule has 0 aliphatic heterocycles. The second-order valence-corrected chi connectivity index (χ2v) is 6.77. The van der Waals surface area contributed by atoms with Crippen molar-refractivity contribution in [1.29, 1.82) is 5.26 Å². The first kappa shape index (κ1) is 19.2. The van der Waals surface area contributed by atoms with E-state index in [9.17, 15) is 10.1 Å². The van der Waals surface area contributed by atoms with Crippen molar-refractivity contribution in [3.63, 3.8) is 0 Å². The number of aromatic nitrogens is 2. The lowest BCUT2D eigenvalue weighted by molar-refractivity contribution is -0.114. The fourth-order valence-corrected chi connectivity index (χ4v) is 3.20. The molecule has 3 rings (SSSR count). The molecule has 1 aromatic heterocycles. The predicted molar refractivity (Wildman–Crippen MR) is 108 cm³/mol. The van der Waals surface area contributed by atoms with E-state index in [2.05, 4.69) is 26.7 Å². The number of nitrogens with zero attached hydrogens (tertiary/aromatic N) is 3. The molecular formula is C20H17N5O2S. The minimum Gasteiger partial charge on any atom is -0.497 e. The highest BCUT2D eigenvalue weighted by Crippen LogP contribution is 2.30. The average molecular weight is 391 g/mol. The topological polar surface area (TPSA) is 99.9 Å². The van der Waals surface area contributed by atoms with E-state index in [1.165, 1.54) is 18.7 Å². The number of rotatable bonds is 6. The molecule has 0 spiro atoms. The fourth-order valence-electron chi connectivity index (χ4n) is 2.39. The van der Waals surface area contributed by atoms with Gasteiger partial charge in [-0.15, -0.1) is 0 Å². The van der Waals surface area contributed by atoms with E-state index in [4.69, 9.17) is 4.74 Å². The van der Waals surface area contributed by atoms with E-state index in [0.29, 0.717) is 17.2 Å². The molecule has 0 bridgehead atoms. The van der Waals surface area contributed by atoms with Crippen molar-refractivity contribution in [3.05, 3.63) is 60.3 Å². The number of hydrogen-bond acceptors (Lipinski definition) is 7. The lowest BCUT2D eigenvalue weighted by Crippen LogP contribution is -2.07. The first-order valence-corrected chi connectivity index (χ1v) is 9.13. The normalized spacial score (nSPS) is 10.0. The monoisotopic (exact) mass is 391 g/mol. The Morgan fingerprint density at radius 1 is 1.21 bits per heavy atom. The van der Waals surface area contributed by atoms with Crippen LogP contribution in [-0.4, -0.2) is 23.0 Å². The summed E-state index contributed by atoms with van der Waals surface area (Å²) in [7, 11) is 1.61. The summed E-state index contributed by atoms with van der Waals surface area (Å²) in [6.45, 7) is 1.40. The number of ether oxygens (including phenoxy) is 1. The van der Waals surface area contributed by atoms with E-state index in [-0.39, 0.29) is 5.91 Å². The summed E-state index contributed by atoms with van der Waals surface area (Å²) in [5, 5.41) is 15.8. The summed E-state index contributed by atoms with van der Waals surface area (Å²) in [6.07, 6.45) is 1.66. The third-order valence-electron chi connectivity index (χ3n) is 3.60. The second-order valence-electron chi connectivity index (χ2n) is 5.68. The van der Waals surface area contributed by atoms with Gasteiger partial charge in [-0.05, 0) is 36.4 Å². The lowest BCUT2D eigenvalue weighted by atomic mass is 10.2. The van der Waals surface area contributed by atoms with Crippen molar-refractivity contribution in [1.82, 2.24) is 9.97 Å². The van der Waals surface area contributed by atoms with Crippen molar-refractivity contribution in [2.45, 2.75) is 16.8 Å². The van der Waals surface area contributed by atoms with Gasteiger partial charge in [0.2, 0.25) is 11.9 Å². The Hall–Kier alpha value is -3.57. The molecule has 8 heteroatoms. The summed E-state index contributed by atoms with van der Waals surface area (Å²) in [4.78, 5) is 20.8. The zero-order chi connectivity index (χ0) is 19.9. The second kappa shape index (κ2) is 8.88. The predicted octanol–water partition coefficient (Wildman–Crippen LogP) is 4.21. The molecule has 0 saturated carbocycles. The van der Waals surface area contributed by atoms with E-state index >= 15 is 0 Å². The van der Waals surface area contributed by atoms with E-state index < -0.39 is 0 Å². The molecule has 0 radical (unpaired) electrons. The molecule has 3 aromatic rings.